The molecule has 0 spiro atoms. The molecule has 0 radical (unpaired) electrons. The molecule has 4 nitrogen and oxygen atoms in total. The quantitative estimate of drug-likeness (QED) is 0.796. The summed E-state index contributed by atoms with van der Waals surface area (Å²) in [5.74, 6) is -2.24. The van der Waals surface area contributed by atoms with Gasteiger partial charge in [-0.2, -0.15) is 0 Å². The number of halogens is 2. The van der Waals surface area contributed by atoms with Crippen LogP contribution in [0.2, 0.25) is 0 Å². The second-order valence-corrected chi connectivity index (χ2v) is 3.83. The number of nitrogens with one attached hydrogen (secondary N) is 1. The topological polar surface area (TPSA) is 72.2 Å². The minimum atomic E-state index is -0.844. The molecule has 1 heterocycles. The van der Waals surface area contributed by atoms with Gasteiger partial charge in [0.05, 0.1) is 0 Å². The number of rotatable bonds is 1. The molecule has 2 amide bonds. The van der Waals surface area contributed by atoms with Crippen LogP contribution in [0.15, 0.2) is 18.2 Å². The van der Waals surface area contributed by atoms with E-state index in [1.165, 1.54) is 0 Å². The zero-order chi connectivity index (χ0) is 13.5. The molecule has 1 saturated heterocycles. The Morgan fingerprint density at radius 2 is 1.78 bits per heavy atom. The molecule has 1 aromatic carbocycles. The van der Waals surface area contributed by atoms with Crippen LogP contribution in [0.1, 0.15) is 29.6 Å². The number of benzene rings is 1. The van der Waals surface area contributed by atoms with Crippen molar-refractivity contribution in [2.75, 3.05) is 6.54 Å². The van der Waals surface area contributed by atoms with E-state index in [4.69, 9.17) is 5.73 Å². The molecule has 6 heteroatoms. The summed E-state index contributed by atoms with van der Waals surface area (Å²) in [7, 11) is 0. The highest BCUT2D eigenvalue weighted by Crippen LogP contribution is 2.06. The van der Waals surface area contributed by atoms with Crippen molar-refractivity contribution in [3.63, 3.8) is 0 Å². The summed E-state index contributed by atoms with van der Waals surface area (Å²) in [5.41, 5.74) is 4.61. The Morgan fingerprint density at radius 1 is 1.17 bits per heavy atom. The van der Waals surface area contributed by atoms with Crippen LogP contribution < -0.4 is 11.1 Å². The number of nitrogens with two attached hydrogens (primary N) is 1. The maximum atomic E-state index is 12.3. The first kappa shape index (κ1) is 14.1. The Hall–Kier alpha value is -1.98. The number of piperidine rings is 1. The van der Waals surface area contributed by atoms with Crippen molar-refractivity contribution in [1.29, 1.82) is 0 Å². The standard InChI is InChI=1S/C7H5F2NO.C5H9NO/c8-5-1-4(7(10)11)2-6(9)3-5;7-5-3-1-2-4-6-5/h1-3H,(H2,10,11);1-4H2,(H,6,7). The van der Waals surface area contributed by atoms with Crippen LogP contribution in [-0.4, -0.2) is 18.4 Å². The van der Waals surface area contributed by atoms with Crippen molar-refractivity contribution in [3.05, 3.63) is 35.4 Å². The number of hydrogen-bond acceptors (Lipinski definition) is 2. The number of carbonyl (C=O) groups is 2. The monoisotopic (exact) mass is 256 g/mol. The number of primary amides is 1. The summed E-state index contributed by atoms with van der Waals surface area (Å²) in [6, 6.07) is 2.43. The van der Waals surface area contributed by atoms with Gasteiger partial charge >= 0.3 is 0 Å². The Balaban J connectivity index is 0.000000199. The fourth-order valence-electron chi connectivity index (χ4n) is 1.42. The van der Waals surface area contributed by atoms with Gasteiger partial charge in [-0.15, -0.1) is 0 Å². The summed E-state index contributed by atoms with van der Waals surface area (Å²) in [5, 5.41) is 2.74. The van der Waals surface area contributed by atoms with E-state index in [9.17, 15) is 18.4 Å². The van der Waals surface area contributed by atoms with Crippen LogP contribution in [0.3, 0.4) is 0 Å². The Bertz CT molecular complexity index is 421. The molecule has 0 unspecified atom stereocenters. The molecule has 0 aliphatic carbocycles. The first-order valence-corrected chi connectivity index (χ1v) is 5.51. The van der Waals surface area contributed by atoms with Crippen LogP contribution in [0.4, 0.5) is 8.78 Å². The van der Waals surface area contributed by atoms with Gasteiger partial charge in [-0.05, 0) is 25.0 Å². The lowest BCUT2D eigenvalue weighted by Gasteiger charge is -2.08. The SMILES string of the molecule is NC(=O)c1cc(F)cc(F)c1.O=C1CCCCN1. The molecule has 2 rings (SSSR count). The van der Waals surface area contributed by atoms with E-state index in [2.05, 4.69) is 5.32 Å². The molecule has 0 bridgehead atoms. The molecule has 1 aromatic rings. The lowest BCUT2D eigenvalue weighted by molar-refractivity contribution is -0.122. The van der Waals surface area contributed by atoms with E-state index in [1.807, 2.05) is 0 Å². The molecule has 1 fully saturated rings. The molecule has 18 heavy (non-hydrogen) atoms. The van der Waals surface area contributed by atoms with E-state index >= 15 is 0 Å². The first-order chi connectivity index (χ1) is 8.49. The van der Waals surface area contributed by atoms with Crippen molar-refractivity contribution >= 4 is 11.8 Å². The lowest BCUT2D eigenvalue weighted by Crippen LogP contribution is -2.28. The van der Waals surface area contributed by atoms with Gasteiger partial charge in [0.25, 0.3) is 0 Å². The van der Waals surface area contributed by atoms with E-state index in [0.29, 0.717) is 6.07 Å². The Kier molecular flexibility index (Phi) is 5.23. The normalized spacial score (nSPS) is 14.2. The average Bonchev–Trinajstić information content (AvgIpc) is 2.29. The van der Waals surface area contributed by atoms with Crippen molar-refractivity contribution in [2.24, 2.45) is 5.73 Å². The minimum Gasteiger partial charge on any atom is -0.366 e. The summed E-state index contributed by atoms with van der Waals surface area (Å²) < 4.78 is 24.7. The number of carbonyl (C=O) groups excluding carboxylic acids is 2. The average molecular weight is 256 g/mol. The summed E-state index contributed by atoms with van der Waals surface area (Å²) in [6.07, 6.45) is 2.97. The van der Waals surface area contributed by atoms with Gasteiger partial charge in [0.1, 0.15) is 11.6 Å². The van der Waals surface area contributed by atoms with Crippen molar-refractivity contribution in [3.8, 4) is 0 Å². The lowest BCUT2D eigenvalue weighted by atomic mass is 10.2. The largest absolute Gasteiger partial charge is 0.366 e. The van der Waals surface area contributed by atoms with Crippen molar-refractivity contribution < 1.29 is 18.4 Å². The van der Waals surface area contributed by atoms with E-state index < -0.39 is 17.5 Å². The van der Waals surface area contributed by atoms with Crippen LogP contribution >= 0.6 is 0 Å². The zero-order valence-electron chi connectivity index (χ0n) is 9.71. The van der Waals surface area contributed by atoms with E-state index in [0.717, 1.165) is 37.9 Å². The maximum Gasteiger partial charge on any atom is 0.248 e. The van der Waals surface area contributed by atoms with Gasteiger partial charge in [-0.25, -0.2) is 8.78 Å². The second kappa shape index (κ2) is 6.68. The van der Waals surface area contributed by atoms with Crippen LogP contribution in [0.25, 0.3) is 0 Å². The predicted molar refractivity (Wildman–Crippen MR) is 61.7 cm³/mol. The Labute approximate surface area is 103 Å². The fraction of sp³-hybridized carbons (Fsp3) is 0.333. The molecule has 98 valence electrons. The second-order valence-electron chi connectivity index (χ2n) is 3.83. The molecule has 0 saturated carbocycles. The smallest absolute Gasteiger partial charge is 0.248 e. The molecule has 3 N–H and O–H groups in total. The molecule has 0 aromatic heterocycles. The molecular weight excluding hydrogens is 242 g/mol. The predicted octanol–water partition coefficient (Wildman–Crippen LogP) is 1.35. The summed E-state index contributed by atoms with van der Waals surface area (Å²) in [4.78, 5) is 20.7. The van der Waals surface area contributed by atoms with Crippen molar-refractivity contribution in [2.45, 2.75) is 19.3 Å². The van der Waals surface area contributed by atoms with E-state index in [1.54, 1.807) is 0 Å². The number of hydrogen-bond donors (Lipinski definition) is 2. The zero-order valence-corrected chi connectivity index (χ0v) is 9.71. The van der Waals surface area contributed by atoms with Crippen LogP contribution in [0, 0.1) is 11.6 Å². The van der Waals surface area contributed by atoms with Gasteiger partial charge in [0.2, 0.25) is 11.8 Å². The van der Waals surface area contributed by atoms with Crippen LogP contribution in [-0.2, 0) is 4.79 Å². The van der Waals surface area contributed by atoms with Gasteiger partial charge < -0.3 is 11.1 Å². The van der Waals surface area contributed by atoms with Gasteiger partial charge in [-0.1, -0.05) is 0 Å². The summed E-state index contributed by atoms with van der Waals surface area (Å²) >= 11 is 0. The van der Waals surface area contributed by atoms with Crippen molar-refractivity contribution in [1.82, 2.24) is 5.32 Å². The first-order valence-electron chi connectivity index (χ1n) is 5.51. The van der Waals surface area contributed by atoms with Gasteiger partial charge in [0, 0.05) is 24.6 Å². The van der Waals surface area contributed by atoms with Gasteiger partial charge in [-0.3, -0.25) is 9.59 Å². The maximum absolute atomic E-state index is 12.3. The van der Waals surface area contributed by atoms with Crippen LogP contribution in [0.5, 0.6) is 0 Å². The van der Waals surface area contributed by atoms with Gasteiger partial charge in [0.15, 0.2) is 0 Å². The molecule has 0 atom stereocenters. The highest BCUT2D eigenvalue weighted by Gasteiger charge is 2.04. The minimum absolute atomic E-state index is 0.164. The third-order valence-electron chi connectivity index (χ3n) is 2.30. The number of amides is 2. The fourth-order valence-corrected chi connectivity index (χ4v) is 1.42. The van der Waals surface area contributed by atoms with E-state index in [-0.39, 0.29) is 11.5 Å². The molecule has 1 aliphatic heterocycles. The third kappa shape index (κ3) is 4.90. The highest BCUT2D eigenvalue weighted by atomic mass is 19.1. The highest BCUT2D eigenvalue weighted by molar-refractivity contribution is 5.92. The summed E-state index contributed by atoms with van der Waals surface area (Å²) in [6.45, 7) is 0.888. The third-order valence-corrected chi connectivity index (χ3v) is 2.30. The molecular formula is C12H14F2N2O2. The Morgan fingerprint density at radius 3 is 2.11 bits per heavy atom. The molecule has 1 aliphatic rings.